The summed E-state index contributed by atoms with van der Waals surface area (Å²) in [5.74, 6) is 2.05. The van der Waals surface area contributed by atoms with Crippen molar-refractivity contribution in [3.63, 3.8) is 0 Å². The Morgan fingerprint density at radius 1 is 1.21 bits per heavy atom. The minimum absolute atomic E-state index is 0.0720. The number of methoxy groups -OCH3 is 3. The van der Waals surface area contributed by atoms with E-state index < -0.39 is 0 Å². The molecule has 0 bridgehead atoms. The van der Waals surface area contributed by atoms with Gasteiger partial charge in [0.2, 0.25) is 11.7 Å². The molecule has 0 unspecified atom stereocenters. The third kappa shape index (κ3) is 2.62. The molecule has 1 atom stereocenters. The van der Waals surface area contributed by atoms with E-state index in [2.05, 4.69) is 15.6 Å². The molecule has 1 aromatic carbocycles. The number of hydrogen-bond acceptors (Lipinski definition) is 7. The highest BCUT2D eigenvalue weighted by Crippen LogP contribution is 2.49. The molecular weight excluding hydrogens is 330 g/mol. The first kappa shape index (κ1) is 16.4. The molecule has 0 radical (unpaired) electrons. The molecule has 128 valence electrons. The van der Waals surface area contributed by atoms with Gasteiger partial charge < -0.3 is 24.8 Å². The number of ether oxygens (including phenoxy) is 3. The quantitative estimate of drug-likeness (QED) is 0.864. The van der Waals surface area contributed by atoms with Crippen LogP contribution in [-0.4, -0.2) is 39.3 Å². The maximum Gasteiger partial charge on any atom is 0.226 e. The van der Waals surface area contributed by atoms with Crippen molar-refractivity contribution in [3.05, 3.63) is 22.6 Å². The molecule has 2 heterocycles. The summed E-state index contributed by atoms with van der Waals surface area (Å²) in [6.45, 7) is 0. The molecule has 0 saturated heterocycles. The van der Waals surface area contributed by atoms with Gasteiger partial charge in [0, 0.05) is 24.9 Å². The number of thiazole rings is 1. The van der Waals surface area contributed by atoms with Crippen LogP contribution in [0.5, 0.6) is 17.2 Å². The molecule has 8 heteroatoms. The Hall–Kier alpha value is -2.48. The van der Waals surface area contributed by atoms with Crippen LogP contribution in [0.15, 0.2) is 12.1 Å². The van der Waals surface area contributed by atoms with Crippen LogP contribution in [0.4, 0.5) is 10.9 Å². The summed E-state index contributed by atoms with van der Waals surface area (Å²) in [5.41, 5.74) is 0.873. The minimum Gasteiger partial charge on any atom is -0.493 e. The standard InChI is InChI=1S/C16H19N3O4S/c1-17-16-19-15-14(24-16)9(7-11(20)18-15)8-5-6-10(21-2)13(23-4)12(8)22-3/h5-6,9H,7H2,1-4H3,(H,17,19)(H,18,20)/t9-/m0/s1. The van der Waals surface area contributed by atoms with Crippen molar-refractivity contribution >= 4 is 28.2 Å². The van der Waals surface area contributed by atoms with Crippen LogP contribution >= 0.6 is 11.3 Å². The van der Waals surface area contributed by atoms with Gasteiger partial charge in [0.05, 0.1) is 26.2 Å². The molecule has 1 aliphatic heterocycles. The largest absolute Gasteiger partial charge is 0.493 e. The Labute approximate surface area is 143 Å². The third-order valence-electron chi connectivity index (χ3n) is 3.94. The number of carbonyl (C=O) groups excluding carboxylic acids is 1. The van der Waals surface area contributed by atoms with Gasteiger partial charge in [0.1, 0.15) is 5.82 Å². The molecule has 1 amide bonds. The van der Waals surface area contributed by atoms with Gasteiger partial charge in [0.15, 0.2) is 16.6 Å². The SMILES string of the molecule is CNc1nc2c(s1)[C@H](c1ccc(OC)c(OC)c1OC)CC(=O)N2. The monoisotopic (exact) mass is 349 g/mol. The van der Waals surface area contributed by atoms with Gasteiger partial charge >= 0.3 is 0 Å². The zero-order chi connectivity index (χ0) is 17.3. The van der Waals surface area contributed by atoms with Gasteiger partial charge in [-0.2, -0.15) is 0 Å². The smallest absolute Gasteiger partial charge is 0.226 e. The highest BCUT2D eigenvalue weighted by molar-refractivity contribution is 7.16. The number of carbonyl (C=O) groups is 1. The van der Waals surface area contributed by atoms with Crippen molar-refractivity contribution in [3.8, 4) is 17.2 Å². The molecule has 7 nitrogen and oxygen atoms in total. The molecule has 0 fully saturated rings. The number of fused-ring (bicyclic) bond motifs is 1. The maximum atomic E-state index is 12.1. The van der Waals surface area contributed by atoms with E-state index in [1.54, 1.807) is 28.4 Å². The van der Waals surface area contributed by atoms with Crippen molar-refractivity contribution in [2.45, 2.75) is 12.3 Å². The fourth-order valence-electron chi connectivity index (χ4n) is 2.88. The Balaban J connectivity index is 2.15. The van der Waals surface area contributed by atoms with E-state index >= 15 is 0 Å². The van der Waals surface area contributed by atoms with Crippen LogP contribution in [0.2, 0.25) is 0 Å². The summed E-state index contributed by atoms with van der Waals surface area (Å²) >= 11 is 1.52. The number of aromatic nitrogens is 1. The zero-order valence-corrected chi connectivity index (χ0v) is 14.7. The lowest BCUT2D eigenvalue weighted by Crippen LogP contribution is -2.23. The molecule has 0 saturated carbocycles. The molecular formula is C16H19N3O4S. The second kappa shape index (κ2) is 6.56. The van der Waals surface area contributed by atoms with Gasteiger partial charge in [-0.25, -0.2) is 4.98 Å². The topological polar surface area (TPSA) is 81.7 Å². The lowest BCUT2D eigenvalue weighted by Gasteiger charge is -2.24. The van der Waals surface area contributed by atoms with E-state index in [9.17, 15) is 4.79 Å². The van der Waals surface area contributed by atoms with Gasteiger partial charge in [-0.15, -0.1) is 0 Å². The van der Waals surface area contributed by atoms with Crippen molar-refractivity contribution in [2.24, 2.45) is 0 Å². The van der Waals surface area contributed by atoms with E-state index in [1.165, 1.54) is 11.3 Å². The van der Waals surface area contributed by atoms with Crippen molar-refractivity contribution in [2.75, 3.05) is 39.0 Å². The van der Waals surface area contributed by atoms with Gasteiger partial charge in [0.25, 0.3) is 0 Å². The van der Waals surface area contributed by atoms with Crippen LogP contribution in [-0.2, 0) is 4.79 Å². The summed E-state index contributed by atoms with van der Waals surface area (Å²) < 4.78 is 16.4. The number of anilines is 2. The molecule has 1 aromatic heterocycles. The molecule has 2 N–H and O–H groups in total. The first-order valence-corrected chi connectivity index (χ1v) is 8.21. The second-order valence-corrected chi connectivity index (χ2v) is 6.24. The normalized spacial score (nSPS) is 16.2. The number of rotatable bonds is 5. The number of amides is 1. The van der Waals surface area contributed by atoms with Crippen molar-refractivity contribution < 1.29 is 19.0 Å². The lowest BCUT2D eigenvalue weighted by molar-refractivity contribution is -0.116. The highest BCUT2D eigenvalue weighted by Gasteiger charge is 2.33. The van der Waals surface area contributed by atoms with E-state index in [0.717, 1.165) is 15.6 Å². The summed E-state index contributed by atoms with van der Waals surface area (Å²) in [7, 11) is 6.52. The van der Waals surface area contributed by atoms with Crippen LogP contribution < -0.4 is 24.8 Å². The van der Waals surface area contributed by atoms with Crippen LogP contribution in [0.25, 0.3) is 0 Å². The number of benzene rings is 1. The maximum absolute atomic E-state index is 12.1. The van der Waals surface area contributed by atoms with Crippen molar-refractivity contribution in [1.82, 2.24) is 4.98 Å². The molecule has 0 aliphatic carbocycles. The van der Waals surface area contributed by atoms with Gasteiger partial charge in [-0.05, 0) is 6.07 Å². The predicted molar refractivity (Wildman–Crippen MR) is 92.8 cm³/mol. The van der Waals surface area contributed by atoms with E-state index in [0.29, 0.717) is 29.5 Å². The minimum atomic E-state index is -0.150. The lowest BCUT2D eigenvalue weighted by atomic mass is 9.90. The van der Waals surface area contributed by atoms with Crippen LogP contribution in [0.3, 0.4) is 0 Å². The first-order valence-electron chi connectivity index (χ1n) is 7.40. The van der Waals surface area contributed by atoms with Crippen LogP contribution in [0.1, 0.15) is 22.8 Å². The van der Waals surface area contributed by atoms with Crippen molar-refractivity contribution in [1.29, 1.82) is 0 Å². The predicted octanol–water partition coefficient (Wildman–Crippen LogP) is 2.68. The van der Waals surface area contributed by atoms with Gasteiger partial charge in [-0.3, -0.25) is 4.79 Å². The number of nitrogens with one attached hydrogen (secondary N) is 2. The summed E-state index contributed by atoms with van der Waals surface area (Å²) in [6.07, 6.45) is 0.324. The first-order chi connectivity index (χ1) is 11.6. The summed E-state index contributed by atoms with van der Waals surface area (Å²) in [6, 6.07) is 3.73. The molecule has 1 aliphatic rings. The Morgan fingerprint density at radius 2 is 1.96 bits per heavy atom. The Morgan fingerprint density at radius 3 is 2.58 bits per heavy atom. The fourth-order valence-corrected chi connectivity index (χ4v) is 3.87. The Bertz CT molecular complexity index is 775. The van der Waals surface area contributed by atoms with E-state index in [4.69, 9.17) is 14.2 Å². The Kier molecular flexibility index (Phi) is 4.48. The molecule has 24 heavy (non-hydrogen) atoms. The molecule has 2 aromatic rings. The molecule has 0 spiro atoms. The number of hydrogen-bond donors (Lipinski definition) is 2. The van der Waals surface area contributed by atoms with Crippen LogP contribution in [0, 0.1) is 0 Å². The third-order valence-corrected chi connectivity index (χ3v) is 5.13. The van der Waals surface area contributed by atoms with E-state index in [-0.39, 0.29) is 11.8 Å². The highest BCUT2D eigenvalue weighted by atomic mass is 32.1. The van der Waals surface area contributed by atoms with Gasteiger partial charge in [-0.1, -0.05) is 17.4 Å². The number of nitrogens with zero attached hydrogens (tertiary/aromatic N) is 1. The fraction of sp³-hybridized carbons (Fsp3) is 0.375. The zero-order valence-electron chi connectivity index (χ0n) is 13.9. The average Bonchev–Trinajstić information content (AvgIpc) is 3.02. The average molecular weight is 349 g/mol. The summed E-state index contributed by atoms with van der Waals surface area (Å²) in [5, 5.41) is 6.60. The van der Waals surface area contributed by atoms with E-state index in [1.807, 2.05) is 12.1 Å². The summed E-state index contributed by atoms with van der Waals surface area (Å²) in [4.78, 5) is 17.5. The molecule has 3 rings (SSSR count). The second-order valence-electron chi connectivity index (χ2n) is 5.21.